The summed E-state index contributed by atoms with van der Waals surface area (Å²) in [5.74, 6) is 0. The molecule has 0 saturated carbocycles. The minimum absolute atomic E-state index is 0.0463. The van der Waals surface area contributed by atoms with E-state index in [-0.39, 0.29) is 5.04 Å². The first-order valence-electron chi connectivity index (χ1n) is 13.0. The average molecular weight is 540 g/mol. The number of carbonyl (C=O) groups is 1. The molecule has 1 N–H and O–H groups in total. The third-order valence-corrected chi connectivity index (χ3v) is 11.7. The zero-order valence-corrected chi connectivity index (χ0v) is 25.6. The van der Waals surface area contributed by atoms with Crippen molar-refractivity contribution < 1.29 is 32.9 Å². The van der Waals surface area contributed by atoms with Crippen molar-refractivity contribution in [2.24, 2.45) is 0 Å². The van der Waals surface area contributed by atoms with E-state index in [1.807, 2.05) is 51.1 Å². The van der Waals surface area contributed by atoms with Crippen LogP contribution in [-0.2, 0) is 34.5 Å². The van der Waals surface area contributed by atoms with Gasteiger partial charge >= 0.3 is 6.09 Å². The first-order valence-corrected chi connectivity index (χ1v) is 16.0. The molecule has 212 valence electrons. The van der Waals surface area contributed by atoms with E-state index in [0.717, 1.165) is 5.56 Å². The van der Waals surface area contributed by atoms with Crippen LogP contribution in [0.15, 0.2) is 30.3 Å². The number of hydrogen-bond donors (Lipinski definition) is 1. The summed E-state index contributed by atoms with van der Waals surface area (Å²) in [5.41, 5.74) is 0.421. The van der Waals surface area contributed by atoms with Crippen molar-refractivity contribution in [2.45, 2.75) is 108 Å². The predicted octanol–water partition coefficient (Wildman–Crippen LogP) is 4.96. The second kappa shape index (κ2) is 13.0. The van der Waals surface area contributed by atoms with E-state index in [1.165, 1.54) is 0 Å². The van der Waals surface area contributed by atoms with E-state index in [0.29, 0.717) is 13.0 Å². The molecule has 1 aliphatic heterocycles. The summed E-state index contributed by atoms with van der Waals surface area (Å²) in [6.07, 6.45) is -2.27. The minimum Gasteiger partial charge on any atom is -0.444 e. The smallest absolute Gasteiger partial charge is 0.407 e. The molecule has 0 spiro atoms. The van der Waals surface area contributed by atoms with Gasteiger partial charge in [0.15, 0.2) is 8.32 Å². The maximum absolute atomic E-state index is 13.0. The standard InChI is InChI=1S/C28H49NO7Si/c1-27(2,3)35-26(30)29-20(17-19-15-13-12-14-16-19)22-25(36-37(10,11)28(4,5)6)24(33-9)23(32-8)21(34-22)18-31-7/h12-16,20-25H,17-18H2,1-11H3,(H,29,30)/t20?,21-,22-,23-,24+,25+/m1/s1. The molecule has 1 heterocycles. The van der Waals surface area contributed by atoms with Crippen LogP contribution in [0.3, 0.4) is 0 Å². The van der Waals surface area contributed by atoms with Gasteiger partial charge in [0, 0.05) is 21.3 Å². The molecule has 1 aromatic carbocycles. The highest BCUT2D eigenvalue weighted by Crippen LogP contribution is 2.41. The summed E-state index contributed by atoms with van der Waals surface area (Å²) in [6, 6.07) is 9.56. The predicted molar refractivity (Wildman–Crippen MR) is 148 cm³/mol. The summed E-state index contributed by atoms with van der Waals surface area (Å²) in [7, 11) is 2.66. The largest absolute Gasteiger partial charge is 0.444 e. The maximum Gasteiger partial charge on any atom is 0.407 e. The third-order valence-electron chi connectivity index (χ3n) is 7.18. The second-order valence-electron chi connectivity index (χ2n) is 12.3. The van der Waals surface area contributed by atoms with E-state index >= 15 is 0 Å². The molecule has 0 aliphatic carbocycles. The normalized spacial score (nSPS) is 26.0. The van der Waals surface area contributed by atoms with Crippen LogP contribution in [0.1, 0.15) is 47.1 Å². The molecule has 1 unspecified atom stereocenters. The second-order valence-corrected chi connectivity index (χ2v) is 17.0. The van der Waals surface area contributed by atoms with E-state index in [4.69, 9.17) is 28.1 Å². The van der Waals surface area contributed by atoms with Crippen LogP contribution in [0.5, 0.6) is 0 Å². The van der Waals surface area contributed by atoms with Crippen LogP contribution in [-0.4, -0.2) is 84.5 Å². The van der Waals surface area contributed by atoms with Gasteiger partial charge in [-0.3, -0.25) is 0 Å². The number of alkyl carbamates (subject to hydrolysis) is 1. The van der Waals surface area contributed by atoms with E-state index < -0.39 is 56.6 Å². The van der Waals surface area contributed by atoms with Crippen molar-refractivity contribution in [1.29, 1.82) is 0 Å². The first-order chi connectivity index (χ1) is 17.1. The molecule has 8 nitrogen and oxygen atoms in total. The monoisotopic (exact) mass is 539 g/mol. The summed E-state index contributed by atoms with van der Waals surface area (Å²) in [5, 5.41) is 3.05. The molecule has 1 aromatic rings. The number of ether oxygens (including phenoxy) is 5. The van der Waals surface area contributed by atoms with Crippen molar-refractivity contribution in [3.05, 3.63) is 35.9 Å². The maximum atomic E-state index is 13.0. The molecule has 0 radical (unpaired) electrons. The molecule has 1 aliphatic rings. The average Bonchev–Trinajstić information content (AvgIpc) is 2.77. The Labute approximate surface area is 224 Å². The highest BCUT2D eigenvalue weighted by molar-refractivity contribution is 6.74. The van der Waals surface area contributed by atoms with Crippen molar-refractivity contribution in [3.8, 4) is 0 Å². The number of carbonyl (C=O) groups excluding carboxylic acids is 1. The molecule has 0 aromatic heterocycles. The molecular weight excluding hydrogens is 490 g/mol. The molecule has 1 fully saturated rings. The van der Waals surface area contributed by atoms with Crippen LogP contribution >= 0.6 is 0 Å². The Morgan fingerprint density at radius 3 is 2.05 bits per heavy atom. The lowest BCUT2D eigenvalue weighted by molar-refractivity contribution is -0.245. The molecular formula is C28H49NO7Si. The third kappa shape index (κ3) is 8.76. The van der Waals surface area contributed by atoms with Gasteiger partial charge in [-0.05, 0) is 50.9 Å². The lowest BCUT2D eigenvalue weighted by atomic mass is 9.88. The molecule has 6 atom stereocenters. The van der Waals surface area contributed by atoms with Crippen molar-refractivity contribution in [2.75, 3.05) is 27.9 Å². The highest BCUT2D eigenvalue weighted by atomic mass is 28.4. The van der Waals surface area contributed by atoms with Gasteiger partial charge in [-0.15, -0.1) is 0 Å². The fourth-order valence-electron chi connectivity index (χ4n) is 4.35. The van der Waals surface area contributed by atoms with Gasteiger partial charge < -0.3 is 33.4 Å². The van der Waals surface area contributed by atoms with Gasteiger partial charge in [-0.25, -0.2) is 4.79 Å². The first kappa shape index (κ1) is 31.7. The fraction of sp³-hybridized carbons (Fsp3) is 0.750. The Bertz CT molecular complexity index is 837. The topological polar surface area (TPSA) is 84.5 Å². The molecule has 2 rings (SSSR count). The molecule has 1 amide bonds. The van der Waals surface area contributed by atoms with E-state index in [9.17, 15) is 4.79 Å². The zero-order chi connectivity index (χ0) is 28.0. The van der Waals surface area contributed by atoms with Gasteiger partial charge in [-0.1, -0.05) is 51.1 Å². The van der Waals surface area contributed by atoms with Crippen LogP contribution < -0.4 is 5.32 Å². The van der Waals surface area contributed by atoms with Crippen LogP contribution in [0.2, 0.25) is 18.1 Å². The van der Waals surface area contributed by atoms with Gasteiger partial charge in [-0.2, -0.15) is 0 Å². The lowest BCUT2D eigenvalue weighted by Crippen LogP contribution is -2.68. The fourth-order valence-corrected chi connectivity index (χ4v) is 5.65. The zero-order valence-electron chi connectivity index (χ0n) is 24.6. The van der Waals surface area contributed by atoms with Crippen LogP contribution in [0.4, 0.5) is 4.79 Å². The number of benzene rings is 1. The Morgan fingerprint density at radius 2 is 1.57 bits per heavy atom. The highest BCUT2D eigenvalue weighted by Gasteiger charge is 2.53. The molecule has 0 bridgehead atoms. The summed E-state index contributed by atoms with van der Waals surface area (Å²) in [4.78, 5) is 13.0. The summed E-state index contributed by atoms with van der Waals surface area (Å²) < 4.78 is 36.7. The number of rotatable bonds is 10. The van der Waals surface area contributed by atoms with Crippen LogP contribution in [0, 0.1) is 0 Å². The minimum atomic E-state index is -2.28. The summed E-state index contributed by atoms with van der Waals surface area (Å²) in [6.45, 7) is 16.8. The van der Waals surface area contributed by atoms with Gasteiger partial charge in [0.25, 0.3) is 0 Å². The molecule has 1 saturated heterocycles. The van der Waals surface area contributed by atoms with Crippen LogP contribution in [0.25, 0.3) is 0 Å². The quantitative estimate of drug-likeness (QED) is 0.421. The Balaban J connectivity index is 2.56. The number of amides is 1. The van der Waals surface area contributed by atoms with Gasteiger partial charge in [0.05, 0.1) is 12.6 Å². The number of methoxy groups -OCH3 is 3. The molecule has 9 heteroatoms. The summed E-state index contributed by atoms with van der Waals surface area (Å²) >= 11 is 0. The Kier molecular flexibility index (Phi) is 11.2. The van der Waals surface area contributed by atoms with Gasteiger partial charge in [0.1, 0.15) is 36.1 Å². The van der Waals surface area contributed by atoms with Gasteiger partial charge in [0.2, 0.25) is 0 Å². The Morgan fingerprint density at radius 1 is 0.973 bits per heavy atom. The van der Waals surface area contributed by atoms with Crippen molar-refractivity contribution >= 4 is 14.4 Å². The van der Waals surface area contributed by atoms with E-state index in [1.54, 1.807) is 21.3 Å². The van der Waals surface area contributed by atoms with E-state index in [2.05, 4.69) is 39.2 Å². The van der Waals surface area contributed by atoms with Crippen molar-refractivity contribution in [3.63, 3.8) is 0 Å². The number of nitrogens with one attached hydrogen (secondary N) is 1. The Hall–Kier alpha value is -1.49. The lowest BCUT2D eigenvalue weighted by Gasteiger charge is -2.51. The SMILES string of the molecule is COC[C@H]1O[C@H](C(Cc2ccccc2)NC(=O)OC(C)(C)C)[C@H](O[Si](C)(C)C(C)(C)C)[C@@H](OC)[C@@H]1OC. The molecule has 37 heavy (non-hydrogen) atoms. The van der Waals surface area contributed by atoms with Crippen molar-refractivity contribution in [1.82, 2.24) is 5.32 Å². The number of hydrogen-bond acceptors (Lipinski definition) is 7.